The molecule has 1 heterocycles. The fraction of sp³-hybridized carbons (Fsp3) is 0.533. The van der Waals surface area contributed by atoms with Crippen LogP contribution < -0.4 is 4.74 Å². The fourth-order valence-corrected chi connectivity index (χ4v) is 2.37. The first-order valence-electron chi connectivity index (χ1n) is 6.56. The Hall–Kier alpha value is -1.53. The smallest absolute Gasteiger partial charge is 0.118 e. The van der Waals surface area contributed by atoms with E-state index in [2.05, 4.69) is 23.1 Å². The largest absolute Gasteiger partial charge is 0.497 e. The number of piperidine rings is 1. The van der Waals surface area contributed by atoms with Gasteiger partial charge in [-0.15, -0.1) is 0 Å². The molecule has 0 bridgehead atoms. The molecule has 0 aromatic heterocycles. The number of ether oxygens (including phenoxy) is 1. The van der Waals surface area contributed by atoms with Gasteiger partial charge in [-0.25, -0.2) is 0 Å². The van der Waals surface area contributed by atoms with E-state index in [-0.39, 0.29) is 5.92 Å². The fourth-order valence-electron chi connectivity index (χ4n) is 2.37. The van der Waals surface area contributed by atoms with Crippen molar-refractivity contribution in [2.24, 2.45) is 5.92 Å². The van der Waals surface area contributed by atoms with Crippen LogP contribution in [0.3, 0.4) is 0 Å². The normalized spacial score (nSPS) is 17.3. The van der Waals surface area contributed by atoms with Crippen molar-refractivity contribution >= 4 is 0 Å². The number of nitriles is 1. The molecule has 3 nitrogen and oxygen atoms in total. The van der Waals surface area contributed by atoms with Crippen LogP contribution in [0.2, 0.25) is 0 Å². The Balaban J connectivity index is 1.76. The van der Waals surface area contributed by atoms with Crippen LogP contribution in [0.5, 0.6) is 5.75 Å². The second-order valence-corrected chi connectivity index (χ2v) is 4.84. The molecule has 18 heavy (non-hydrogen) atoms. The summed E-state index contributed by atoms with van der Waals surface area (Å²) in [5.41, 5.74) is 1.35. The number of rotatable bonds is 4. The molecular formula is C15H20N2O. The van der Waals surface area contributed by atoms with Gasteiger partial charge in [-0.1, -0.05) is 12.1 Å². The lowest BCUT2D eigenvalue weighted by Crippen LogP contribution is -2.34. The molecule has 0 unspecified atom stereocenters. The Labute approximate surface area is 109 Å². The van der Waals surface area contributed by atoms with Gasteiger partial charge < -0.3 is 9.64 Å². The molecule has 1 aromatic carbocycles. The SMILES string of the molecule is COc1ccc(CCN2CCC(C#N)CC2)cc1. The maximum Gasteiger partial charge on any atom is 0.118 e. The van der Waals surface area contributed by atoms with Crippen molar-refractivity contribution in [3.8, 4) is 11.8 Å². The molecule has 1 aromatic rings. The number of methoxy groups -OCH3 is 1. The van der Waals surface area contributed by atoms with Gasteiger partial charge in [0.25, 0.3) is 0 Å². The highest BCUT2D eigenvalue weighted by molar-refractivity contribution is 5.27. The van der Waals surface area contributed by atoms with Gasteiger partial charge in [0.1, 0.15) is 5.75 Å². The third-order valence-electron chi connectivity index (χ3n) is 3.65. The van der Waals surface area contributed by atoms with Crippen LogP contribution in [-0.2, 0) is 6.42 Å². The topological polar surface area (TPSA) is 36.3 Å². The summed E-state index contributed by atoms with van der Waals surface area (Å²) < 4.78 is 5.15. The summed E-state index contributed by atoms with van der Waals surface area (Å²) in [5, 5.41) is 8.85. The highest BCUT2D eigenvalue weighted by atomic mass is 16.5. The molecule has 0 amide bonds. The highest BCUT2D eigenvalue weighted by Crippen LogP contribution is 2.17. The second kappa shape index (κ2) is 6.42. The van der Waals surface area contributed by atoms with Crippen molar-refractivity contribution in [2.75, 3.05) is 26.7 Å². The van der Waals surface area contributed by atoms with Gasteiger partial charge in [-0.05, 0) is 50.0 Å². The molecule has 2 rings (SSSR count). The first-order chi connectivity index (χ1) is 8.81. The Morgan fingerprint density at radius 2 is 1.94 bits per heavy atom. The van der Waals surface area contributed by atoms with Crippen molar-refractivity contribution in [3.05, 3.63) is 29.8 Å². The monoisotopic (exact) mass is 244 g/mol. The molecule has 0 aliphatic carbocycles. The van der Waals surface area contributed by atoms with Gasteiger partial charge >= 0.3 is 0 Å². The summed E-state index contributed by atoms with van der Waals surface area (Å²) in [7, 11) is 1.69. The number of likely N-dealkylation sites (tertiary alicyclic amines) is 1. The average Bonchev–Trinajstić information content (AvgIpc) is 2.46. The highest BCUT2D eigenvalue weighted by Gasteiger charge is 2.17. The number of hydrogen-bond acceptors (Lipinski definition) is 3. The van der Waals surface area contributed by atoms with Crippen LogP contribution in [0.25, 0.3) is 0 Å². The third kappa shape index (κ3) is 3.48. The molecule has 1 aliphatic rings. The Kier molecular flexibility index (Phi) is 4.60. The van der Waals surface area contributed by atoms with Gasteiger partial charge in [0, 0.05) is 12.5 Å². The Morgan fingerprint density at radius 3 is 2.50 bits per heavy atom. The van der Waals surface area contributed by atoms with Crippen LogP contribution in [0, 0.1) is 17.2 Å². The number of benzene rings is 1. The van der Waals surface area contributed by atoms with E-state index in [9.17, 15) is 0 Å². The van der Waals surface area contributed by atoms with Crippen molar-refractivity contribution in [1.29, 1.82) is 5.26 Å². The zero-order valence-corrected chi connectivity index (χ0v) is 10.9. The maximum absolute atomic E-state index is 8.85. The van der Waals surface area contributed by atoms with E-state index >= 15 is 0 Å². The van der Waals surface area contributed by atoms with Crippen LogP contribution in [-0.4, -0.2) is 31.6 Å². The van der Waals surface area contributed by atoms with E-state index < -0.39 is 0 Å². The van der Waals surface area contributed by atoms with Crippen molar-refractivity contribution < 1.29 is 4.74 Å². The van der Waals surface area contributed by atoms with Crippen molar-refractivity contribution in [1.82, 2.24) is 4.90 Å². The lowest BCUT2D eigenvalue weighted by molar-refractivity contribution is 0.208. The summed E-state index contributed by atoms with van der Waals surface area (Å²) in [4.78, 5) is 2.46. The van der Waals surface area contributed by atoms with Gasteiger partial charge in [-0.3, -0.25) is 0 Å². The van der Waals surface area contributed by atoms with Crippen molar-refractivity contribution in [3.63, 3.8) is 0 Å². The summed E-state index contributed by atoms with van der Waals surface area (Å²) in [6, 6.07) is 10.6. The molecule has 0 N–H and O–H groups in total. The Bertz CT molecular complexity index is 399. The summed E-state index contributed by atoms with van der Waals surface area (Å²) in [6.07, 6.45) is 3.12. The standard InChI is InChI=1S/C15H20N2O/c1-18-15-4-2-13(3-5-15)6-9-17-10-7-14(12-16)8-11-17/h2-5,14H,6-11H2,1H3. The minimum atomic E-state index is 0.280. The van der Waals surface area contributed by atoms with Crippen molar-refractivity contribution in [2.45, 2.75) is 19.3 Å². The van der Waals surface area contributed by atoms with Gasteiger partial charge in [0.05, 0.1) is 13.2 Å². The summed E-state index contributed by atoms with van der Waals surface area (Å²) in [6.45, 7) is 3.22. The molecular weight excluding hydrogens is 224 g/mol. The van der Waals surface area contributed by atoms with E-state index in [1.165, 1.54) is 5.56 Å². The molecule has 1 saturated heterocycles. The van der Waals surface area contributed by atoms with E-state index in [1.54, 1.807) is 7.11 Å². The summed E-state index contributed by atoms with van der Waals surface area (Å²) >= 11 is 0. The lowest BCUT2D eigenvalue weighted by Gasteiger charge is -2.28. The average molecular weight is 244 g/mol. The van der Waals surface area contributed by atoms with Crippen LogP contribution >= 0.6 is 0 Å². The van der Waals surface area contributed by atoms with E-state index in [1.807, 2.05) is 12.1 Å². The van der Waals surface area contributed by atoms with Gasteiger partial charge in [0.2, 0.25) is 0 Å². The molecule has 3 heteroatoms. The molecule has 0 spiro atoms. The lowest BCUT2D eigenvalue weighted by atomic mass is 9.98. The molecule has 0 radical (unpaired) electrons. The predicted octanol–water partition coefficient (Wildman–Crippen LogP) is 2.47. The van der Waals surface area contributed by atoms with E-state index in [0.717, 1.165) is 44.6 Å². The maximum atomic E-state index is 8.85. The number of nitrogens with zero attached hydrogens (tertiary/aromatic N) is 2. The molecule has 96 valence electrons. The minimum absolute atomic E-state index is 0.280. The minimum Gasteiger partial charge on any atom is -0.497 e. The first kappa shape index (κ1) is 12.9. The zero-order chi connectivity index (χ0) is 12.8. The van der Waals surface area contributed by atoms with E-state index in [0.29, 0.717) is 0 Å². The molecule has 0 atom stereocenters. The van der Waals surface area contributed by atoms with E-state index in [4.69, 9.17) is 10.00 Å². The van der Waals surface area contributed by atoms with Crippen LogP contribution in [0.15, 0.2) is 24.3 Å². The Morgan fingerprint density at radius 1 is 1.28 bits per heavy atom. The van der Waals surface area contributed by atoms with Crippen LogP contribution in [0.4, 0.5) is 0 Å². The molecule has 1 aliphatic heterocycles. The zero-order valence-electron chi connectivity index (χ0n) is 10.9. The van der Waals surface area contributed by atoms with Gasteiger partial charge in [-0.2, -0.15) is 5.26 Å². The first-order valence-corrected chi connectivity index (χ1v) is 6.56. The molecule has 0 saturated carbocycles. The van der Waals surface area contributed by atoms with Gasteiger partial charge in [0.15, 0.2) is 0 Å². The van der Waals surface area contributed by atoms with Crippen LogP contribution in [0.1, 0.15) is 18.4 Å². The summed E-state index contributed by atoms with van der Waals surface area (Å²) in [5.74, 6) is 1.19. The quantitative estimate of drug-likeness (QED) is 0.816. The number of hydrogen-bond donors (Lipinski definition) is 0. The predicted molar refractivity (Wildman–Crippen MR) is 71.5 cm³/mol. The second-order valence-electron chi connectivity index (χ2n) is 4.84. The third-order valence-corrected chi connectivity index (χ3v) is 3.65. The molecule has 1 fully saturated rings.